The van der Waals surface area contributed by atoms with Crippen molar-refractivity contribution in [3.8, 4) is 0 Å². The van der Waals surface area contributed by atoms with Crippen LogP contribution in [0.25, 0.3) is 0 Å². The molecule has 0 aliphatic heterocycles. The van der Waals surface area contributed by atoms with Crippen LogP contribution in [0.15, 0.2) is 0 Å². The number of carboxylic acid groups (broad SMARTS) is 1. The van der Waals surface area contributed by atoms with E-state index in [-0.39, 0.29) is 5.92 Å². The van der Waals surface area contributed by atoms with Crippen LogP contribution in [-0.2, 0) is 19.6 Å². The molecule has 1 amide bonds. The van der Waals surface area contributed by atoms with Crippen molar-refractivity contribution in [1.82, 2.24) is 10.0 Å². The lowest BCUT2D eigenvalue weighted by Gasteiger charge is -2.39. The average Bonchev–Trinajstić information content (AvgIpc) is 2.18. The van der Waals surface area contributed by atoms with Crippen molar-refractivity contribution in [3.05, 3.63) is 0 Å². The van der Waals surface area contributed by atoms with E-state index in [2.05, 4.69) is 10.0 Å². The molecule has 0 aromatic rings. The van der Waals surface area contributed by atoms with E-state index in [0.717, 1.165) is 12.7 Å². The monoisotopic (exact) mass is 306 g/mol. The van der Waals surface area contributed by atoms with Gasteiger partial charge < -0.3 is 10.4 Å². The number of carboxylic acids is 1. The van der Waals surface area contributed by atoms with E-state index in [1.165, 1.54) is 0 Å². The molecule has 116 valence electrons. The largest absolute Gasteiger partial charge is 0.480 e. The number of hydrogen-bond acceptors (Lipinski definition) is 4. The molecular formula is C12H22N2O5S. The third kappa shape index (κ3) is 4.45. The third-order valence-electron chi connectivity index (χ3n) is 3.36. The second-order valence-electron chi connectivity index (χ2n) is 5.80. The molecule has 7 nitrogen and oxygen atoms in total. The Morgan fingerprint density at radius 3 is 2.15 bits per heavy atom. The highest BCUT2D eigenvalue weighted by Crippen LogP contribution is 2.32. The van der Waals surface area contributed by atoms with E-state index in [0.29, 0.717) is 19.3 Å². The van der Waals surface area contributed by atoms with Crippen molar-refractivity contribution in [2.75, 3.05) is 6.26 Å². The maximum absolute atomic E-state index is 12.2. The van der Waals surface area contributed by atoms with Gasteiger partial charge in [-0.1, -0.05) is 13.8 Å². The summed E-state index contributed by atoms with van der Waals surface area (Å²) >= 11 is 0. The molecule has 1 saturated carbocycles. The molecule has 0 saturated heterocycles. The molecule has 1 atom stereocenters. The summed E-state index contributed by atoms with van der Waals surface area (Å²) in [6.45, 7) is 3.72. The Kier molecular flexibility index (Phi) is 5.15. The van der Waals surface area contributed by atoms with Crippen LogP contribution in [0.1, 0.15) is 39.5 Å². The number of carbonyl (C=O) groups is 2. The minimum Gasteiger partial charge on any atom is -0.480 e. The van der Waals surface area contributed by atoms with E-state index in [9.17, 15) is 23.1 Å². The molecule has 0 aromatic carbocycles. The summed E-state index contributed by atoms with van der Waals surface area (Å²) in [5.74, 6) is -1.55. The zero-order valence-corrected chi connectivity index (χ0v) is 12.8. The van der Waals surface area contributed by atoms with Gasteiger partial charge in [-0.05, 0) is 31.6 Å². The van der Waals surface area contributed by atoms with Gasteiger partial charge in [-0.15, -0.1) is 0 Å². The van der Waals surface area contributed by atoms with Crippen LogP contribution in [-0.4, -0.2) is 43.2 Å². The van der Waals surface area contributed by atoms with Gasteiger partial charge in [0.1, 0.15) is 11.6 Å². The average molecular weight is 306 g/mol. The summed E-state index contributed by atoms with van der Waals surface area (Å²) in [7, 11) is -3.54. The number of nitrogens with one attached hydrogen (secondary N) is 2. The minimum absolute atomic E-state index is 0.0992. The molecule has 20 heavy (non-hydrogen) atoms. The van der Waals surface area contributed by atoms with Gasteiger partial charge in [-0.25, -0.2) is 17.9 Å². The van der Waals surface area contributed by atoms with Crippen LogP contribution in [0.4, 0.5) is 0 Å². The topological polar surface area (TPSA) is 113 Å². The first-order chi connectivity index (χ1) is 9.06. The molecule has 0 spiro atoms. The Balaban J connectivity index is 2.80. The van der Waals surface area contributed by atoms with Crippen molar-refractivity contribution in [2.45, 2.75) is 51.1 Å². The van der Waals surface area contributed by atoms with E-state index in [1.807, 2.05) is 13.8 Å². The summed E-state index contributed by atoms with van der Waals surface area (Å²) < 4.78 is 24.9. The molecule has 0 radical (unpaired) electrons. The van der Waals surface area contributed by atoms with Gasteiger partial charge in [-0.2, -0.15) is 0 Å². The summed E-state index contributed by atoms with van der Waals surface area (Å²) in [5.41, 5.74) is -1.23. The first kappa shape index (κ1) is 16.9. The summed E-state index contributed by atoms with van der Waals surface area (Å²) in [6, 6.07) is -0.943. The highest BCUT2D eigenvalue weighted by Gasteiger charge is 2.46. The lowest BCUT2D eigenvalue weighted by atomic mass is 9.76. The molecule has 1 unspecified atom stereocenters. The van der Waals surface area contributed by atoms with Crippen LogP contribution in [0.3, 0.4) is 0 Å². The Labute approximate surface area is 119 Å². The van der Waals surface area contributed by atoms with Crippen LogP contribution in [0.5, 0.6) is 0 Å². The molecule has 3 N–H and O–H groups in total. The number of rotatable bonds is 7. The minimum atomic E-state index is -3.54. The molecule has 1 aliphatic rings. The molecule has 1 aliphatic carbocycles. The number of hydrogen-bond donors (Lipinski definition) is 3. The van der Waals surface area contributed by atoms with Gasteiger partial charge in [-0.3, -0.25) is 4.79 Å². The quantitative estimate of drug-likeness (QED) is 0.616. The molecule has 1 fully saturated rings. The number of carbonyl (C=O) groups excluding carboxylic acids is 1. The summed E-state index contributed by atoms with van der Waals surface area (Å²) in [5, 5.41) is 11.7. The standard InChI is InChI=1S/C12H22N2O5S/c1-8(2)7-9(14-20(3,18)19)10(15)13-12(11(16)17)5-4-6-12/h8-9,14H,4-7H2,1-3H3,(H,13,15)(H,16,17). The van der Waals surface area contributed by atoms with E-state index < -0.39 is 33.5 Å². The van der Waals surface area contributed by atoms with Gasteiger partial charge in [0, 0.05) is 0 Å². The first-order valence-electron chi connectivity index (χ1n) is 6.58. The maximum Gasteiger partial charge on any atom is 0.329 e. The zero-order valence-electron chi connectivity index (χ0n) is 12.0. The number of aliphatic carboxylic acids is 1. The highest BCUT2D eigenvalue weighted by atomic mass is 32.2. The van der Waals surface area contributed by atoms with Gasteiger partial charge in [0.2, 0.25) is 15.9 Å². The predicted molar refractivity (Wildman–Crippen MR) is 73.6 cm³/mol. The van der Waals surface area contributed by atoms with Crippen molar-refractivity contribution in [2.24, 2.45) is 5.92 Å². The van der Waals surface area contributed by atoms with Gasteiger partial charge in [0.05, 0.1) is 6.26 Å². The van der Waals surface area contributed by atoms with Crippen LogP contribution in [0, 0.1) is 5.92 Å². The third-order valence-corrected chi connectivity index (χ3v) is 4.07. The SMILES string of the molecule is CC(C)CC(NS(C)(=O)=O)C(=O)NC1(C(=O)O)CCC1. The molecular weight excluding hydrogens is 284 g/mol. The van der Waals surface area contributed by atoms with Gasteiger partial charge in [0.15, 0.2) is 0 Å². The normalized spacial score (nSPS) is 19.2. The Hall–Kier alpha value is -1.15. The lowest BCUT2D eigenvalue weighted by Crippen LogP contribution is -2.62. The van der Waals surface area contributed by atoms with E-state index in [1.54, 1.807) is 0 Å². The second kappa shape index (κ2) is 6.09. The van der Waals surface area contributed by atoms with Crippen molar-refractivity contribution in [3.63, 3.8) is 0 Å². The fraction of sp³-hybridized carbons (Fsp3) is 0.833. The molecule has 0 heterocycles. The Morgan fingerprint density at radius 2 is 1.85 bits per heavy atom. The molecule has 1 rings (SSSR count). The fourth-order valence-corrected chi connectivity index (χ4v) is 2.90. The van der Waals surface area contributed by atoms with Crippen molar-refractivity contribution >= 4 is 21.9 Å². The summed E-state index contributed by atoms with van der Waals surface area (Å²) in [4.78, 5) is 23.4. The van der Waals surface area contributed by atoms with Crippen LogP contribution >= 0.6 is 0 Å². The lowest BCUT2D eigenvalue weighted by molar-refractivity contribution is -0.152. The second-order valence-corrected chi connectivity index (χ2v) is 7.58. The first-order valence-corrected chi connectivity index (χ1v) is 8.47. The Morgan fingerprint density at radius 1 is 1.30 bits per heavy atom. The molecule has 0 bridgehead atoms. The smallest absolute Gasteiger partial charge is 0.329 e. The van der Waals surface area contributed by atoms with Crippen molar-refractivity contribution in [1.29, 1.82) is 0 Å². The Bertz CT molecular complexity index is 482. The number of amides is 1. The van der Waals surface area contributed by atoms with Gasteiger partial charge >= 0.3 is 5.97 Å². The number of sulfonamides is 1. The van der Waals surface area contributed by atoms with Crippen LogP contribution in [0.2, 0.25) is 0 Å². The zero-order chi connectivity index (χ0) is 15.6. The van der Waals surface area contributed by atoms with E-state index in [4.69, 9.17) is 0 Å². The van der Waals surface area contributed by atoms with E-state index >= 15 is 0 Å². The van der Waals surface area contributed by atoms with Crippen LogP contribution < -0.4 is 10.0 Å². The fourth-order valence-electron chi connectivity index (χ4n) is 2.18. The predicted octanol–water partition coefficient (Wildman–Crippen LogP) is 0.0738. The van der Waals surface area contributed by atoms with Gasteiger partial charge in [0.25, 0.3) is 0 Å². The maximum atomic E-state index is 12.2. The molecule has 0 aromatic heterocycles. The summed E-state index contributed by atoms with van der Waals surface area (Å²) in [6.07, 6.45) is 2.78. The highest BCUT2D eigenvalue weighted by molar-refractivity contribution is 7.88. The van der Waals surface area contributed by atoms with Crippen molar-refractivity contribution < 1.29 is 23.1 Å². The molecule has 8 heteroatoms.